The number of allylic oxidation sites excluding steroid dienone is 4. The highest BCUT2D eigenvalue weighted by Crippen LogP contribution is 2.47. The largest absolute Gasteiger partial charge is 0.507 e. The minimum atomic E-state index is -2.03. The van der Waals surface area contributed by atoms with Crippen LogP contribution >= 0.6 is 0 Å². The topological polar surface area (TPSA) is 195 Å². The monoisotopic (exact) mass is 695 g/mol. The summed E-state index contributed by atoms with van der Waals surface area (Å²) in [6, 6.07) is 0. The second-order valence-corrected chi connectivity index (χ2v) is 13.4. The third-order valence-electron chi connectivity index (χ3n) is 9.80. The van der Waals surface area contributed by atoms with Crippen molar-refractivity contribution in [1.29, 1.82) is 0 Å². The fourth-order valence-electron chi connectivity index (χ4n) is 6.62. The fourth-order valence-corrected chi connectivity index (χ4v) is 6.62. The normalized spacial score (nSPS) is 34.5. The molecule has 5 rings (SSSR count). The zero-order valence-electron chi connectivity index (χ0n) is 29.6. The number of carbonyl (C=O) groups is 5. The molecule has 5 bridgehead atoms. The van der Waals surface area contributed by atoms with Gasteiger partial charge in [-0.3, -0.25) is 24.0 Å². The van der Waals surface area contributed by atoms with Gasteiger partial charge in [-0.05, 0) is 19.9 Å². The van der Waals surface area contributed by atoms with E-state index in [1.807, 2.05) is 0 Å². The molecular formula is C37H45NO12. The van der Waals surface area contributed by atoms with Gasteiger partial charge in [0.05, 0.1) is 47.0 Å². The number of fused-ring (bicyclic) bond motifs is 14. The summed E-state index contributed by atoms with van der Waals surface area (Å²) in [5, 5.41) is 36.1. The number of benzene rings is 1. The molecule has 1 amide bonds. The first-order valence-corrected chi connectivity index (χ1v) is 16.4. The molecule has 0 saturated heterocycles. The van der Waals surface area contributed by atoms with Crippen molar-refractivity contribution in [3.63, 3.8) is 0 Å². The van der Waals surface area contributed by atoms with Crippen LogP contribution in [0.25, 0.3) is 0 Å². The van der Waals surface area contributed by atoms with Crippen LogP contribution in [-0.2, 0) is 23.8 Å². The van der Waals surface area contributed by atoms with Gasteiger partial charge in [0.2, 0.25) is 5.78 Å². The second kappa shape index (κ2) is 14.7. The summed E-state index contributed by atoms with van der Waals surface area (Å²) in [7, 11) is 1.42. The molecule has 0 unspecified atom stereocenters. The zero-order chi connectivity index (χ0) is 37.4. The van der Waals surface area contributed by atoms with E-state index in [4.69, 9.17) is 18.9 Å². The van der Waals surface area contributed by atoms with Crippen molar-refractivity contribution in [3.8, 4) is 11.5 Å². The van der Waals surface area contributed by atoms with Gasteiger partial charge in [-0.2, -0.15) is 0 Å². The van der Waals surface area contributed by atoms with E-state index < -0.39 is 100 Å². The van der Waals surface area contributed by atoms with Gasteiger partial charge in [-0.25, -0.2) is 0 Å². The average Bonchev–Trinajstić information content (AvgIpc) is 3.33. The van der Waals surface area contributed by atoms with Crippen LogP contribution in [0.3, 0.4) is 0 Å². The Kier molecular flexibility index (Phi) is 11.2. The van der Waals surface area contributed by atoms with E-state index in [1.165, 1.54) is 47.0 Å². The molecule has 13 nitrogen and oxygen atoms in total. The van der Waals surface area contributed by atoms with Gasteiger partial charge in [0.25, 0.3) is 11.7 Å². The van der Waals surface area contributed by atoms with Gasteiger partial charge in [0.15, 0.2) is 5.78 Å². The minimum absolute atomic E-state index is 0.00885. The molecule has 0 saturated carbocycles. The number of hydrogen-bond donors (Lipinski definition) is 4. The number of rotatable bonds is 2. The lowest BCUT2D eigenvalue weighted by Gasteiger charge is -2.38. The van der Waals surface area contributed by atoms with Crippen molar-refractivity contribution in [3.05, 3.63) is 70.2 Å². The molecule has 50 heavy (non-hydrogen) atoms. The van der Waals surface area contributed by atoms with Crippen LogP contribution in [0.2, 0.25) is 0 Å². The number of aliphatic hydroxyl groups is 2. The maximum absolute atomic E-state index is 13.9. The molecule has 4 aliphatic rings. The maximum atomic E-state index is 13.9. The molecule has 1 aromatic rings. The van der Waals surface area contributed by atoms with Crippen LogP contribution in [-0.4, -0.2) is 81.9 Å². The van der Waals surface area contributed by atoms with Crippen LogP contribution < -0.4 is 10.1 Å². The van der Waals surface area contributed by atoms with E-state index in [9.17, 15) is 39.3 Å². The summed E-state index contributed by atoms with van der Waals surface area (Å²) >= 11 is 0. The van der Waals surface area contributed by atoms with Crippen molar-refractivity contribution in [2.75, 3.05) is 7.11 Å². The van der Waals surface area contributed by atoms with Crippen molar-refractivity contribution in [2.45, 2.75) is 85.6 Å². The van der Waals surface area contributed by atoms with Crippen molar-refractivity contribution in [2.24, 2.45) is 23.7 Å². The summed E-state index contributed by atoms with van der Waals surface area (Å²) < 4.78 is 23.1. The third kappa shape index (κ3) is 7.03. The lowest BCUT2D eigenvalue weighted by atomic mass is 9.78. The Balaban J connectivity index is 1.83. The zero-order valence-corrected chi connectivity index (χ0v) is 29.6. The maximum Gasteiger partial charge on any atom is 0.312 e. The van der Waals surface area contributed by atoms with Gasteiger partial charge in [0, 0.05) is 61.8 Å². The van der Waals surface area contributed by atoms with Gasteiger partial charge >= 0.3 is 11.8 Å². The molecule has 0 fully saturated rings. The molecule has 4 N–H and O–H groups in total. The Morgan fingerprint density at radius 3 is 2.22 bits per heavy atom. The molecule has 3 heterocycles. The Bertz CT molecular complexity index is 1720. The van der Waals surface area contributed by atoms with Gasteiger partial charge in [0.1, 0.15) is 17.6 Å². The number of methoxy groups -OCH3 is 1. The summed E-state index contributed by atoms with van der Waals surface area (Å²) in [6.45, 7) is 12.3. The standard InChI is InChI=1S/C37H45NO12/c1-16-11-10-12-17(2)36(46)38-23-15-24(40)26-27(32(23)44)31(43)21(6)34-28(26)35(45)37(8,50-34)48-14-13-25(47-9)18(3)33(49-22(7)39)20(5)30(42)19(4)29(16)41/h10-16,18-20,25,29-30,33,41-43H,1-9H3,(H,38,46)/b11-10+,14-13-,17-12-/t16-,18-,19-,20-,25+,29-,30-,33+,37-/m0/s1. The lowest BCUT2D eigenvalue weighted by Crippen LogP contribution is -2.46. The number of aromatic hydroxyl groups is 1. The van der Waals surface area contributed by atoms with E-state index in [0.29, 0.717) is 0 Å². The first kappa shape index (κ1) is 38.2. The Labute approximate surface area is 290 Å². The number of esters is 1. The smallest absolute Gasteiger partial charge is 0.312 e. The van der Waals surface area contributed by atoms with Crippen LogP contribution in [0.15, 0.2) is 47.9 Å². The predicted octanol–water partition coefficient (Wildman–Crippen LogP) is 3.63. The summed E-state index contributed by atoms with van der Waals surface area (Å²) in [5.74, 6) is -8.99. The SMILES string of the molecule is CO[C@@H]1/C=C\O[C@@]2(C)Oc3c(C)c(O)c4c(c3C2=O)C(=O)C=C(NC(=O)/C(C)=C\C=C\[C@H](C)[C@H](O)[C@H](C)[C@H](O)[C@H](C)[C@H](OC(C)=O)[C@H]1C)C4=O. The van der Waals surface area contributed by atoms with E-state index in [-0.39, 0.29) is 28.0 Å². The first-order valence-electron chi connectivity index (χ1n) is 16.4. The quantitative estimate of drug-likeness (QED) is 0.329. The third-order valence-corrected chi connectivity index (χ3v) is 9.80. The Morgan fingerprint density at radius 2 is 1.60 bits per heavy atom. The van der Waals surface area contributed by atoms with Gasteiger partial charge < -0.3 is 39.6 Å². The van der Waals surface area contributed by atoms with Crippen LogP contribution in [0, 0.1) is 30.6 Å². The number of carbonyl (C=O) groups excluding carboxylic acids is 5. The first-order chi connectivity index (χ1) is 23.4. The van der Waals surface area contributed by atoms with Crippen LogP contribution in [0.5, 0.6) is 11.5 Å². The molecule has 13 heteroatoms. The number of ether oxygens (including phenoxy) is 4. The van der Waals surface area contributed by atoms with Crippen molar-refractivity contribution < 1.29 is 58.2 Å². The van der Waals surface area contributed by atoms with Crippen LogP contribution in [0.1, 0.15) is 85.1 Å². The highest BCUT2D eigenvalue weighted by Gasteiger charge is 2.51. The number of phenols is 1. The fraction of sp³-hybridized carbons (Fsp3) is 0.486. The molecule has 3 aliphatic heterocycles. The molecule has 1 aliphatic carbocycles. The van der Waals surface area contributed by atoms with Gasteiger partial charge in [-0.1, -0.05) is 45.9 Å². The van der Waals surface area contributed by atoms with E-state index in [2.05, 4.69) is 5.32 Å². The highest BCUT2D eigenvalue weighted by atomic mass is 16.7. The number of nitrogens with one attached hydrogen (secondary N) is 1. The Hall–Kier alpha value is -4.59. The molecule has 270 valence electrons. The highest BCUT2D eigenvalue weighted by molar-refractivity contribution is 6.30. The minimum Gasteiger partial charge on any atom is -0.507 e. The molecule has 0 radical (unpaired) electrons. The lowest BCUT2D eigenvalue weighted by molar-refractivity contribution is -0.160. The molecule has 0 aromatic heterocycles. The number of aliphatic hydroxyl groups excluding tert-OH is 2. The van der Waals surface area contributed by atoms with Gasteiger partial charge in [-0.15, -0.1) is 0 Å². The number of phenolic OH excluding ortho intramolecular Hbond substituents is 1. The molecule has 0 spiro atoms. The van der Waals surface area contributed by atoms with Crippen LogP contribution in [0.4, 0.5) is 0 Å². The van der Waals surface area contributed by atoms with Crippen molar-refractivity contribution in [1.82, 2.24) is 5.32 Å². The average molecular weight is 696 g/mol. The number of hydrogen-bond acceptors (Lipinski definition) is 12. The number of amides is 1. The predicted molar refractivity (Wildman–Crippen MR) is 179 cm³/mol. The molecule has 1 aromatic carbocycles. The van der Waals surface area contributed by atoms with E-state index in [1.54, 1.807) is 39.8 Å². The summed E-state index contributed by atoms with van der Waals surface area (Å²) in [6.07, 6.45) is 4.31. The number of ketones is 3. The summed E-state index contributed by atoms with van der Waals surface area (Å²) in [4.78, 5) is 66.2. The molecular weight excluding hydrogens is 650 g/mol. The Morgan fingerprint density at radius 1 is 0.940 bits per heavy atom. The molecule has 9 atom stereocenters. The second-order valence-electron chi connectivity index (χ2n) is 13.4. The summed E-state index contributed by atoms with van der Waals surface area (Å²) in [5.41, 5.74) is -1.31. The van der Waals surface area contributed by atoms with Crippen molar-refractivity contribution >= 4 is 29.2 Å². The number of Topliss-reactive ketones (excluding diaryl/α,β-unsaturated/α-hetero) is 2. The van der Waals surface area contributed by atoms with E-state index >= 15 is 0 Å². The van der Waals surface area contributed by atoms with E-state index in [0.717, 1.165) is 12.3 Å².